The Bertz CT molecular complexity index is 923. The fraction of sp³-hybridized carbons (Fsp3) is 0.200. The second-order valence-corrected chi connectivity index (χ2v) is 7.38. The zero-order valence-corrected chi connectivity index (χ0v) is 15.8. The highest BCUT2D eigenvalue weighted by Crippen LogP contribution is 2.51. The van der Waals surface area contributed by atoms with Crippen LogP contribution in [0.2, 0.25) is 5.02 Å². The fourth-order valence-corrected chi connectivity index (χ4v) is 4.28. The molecular formula is C25H23Cl. The van der Waals surface area contributed by atoms with Crippen LogP contribution in [0.3, 0.4) is 0 Å². The van der Waals surface area contributed by atoms with Crippen molar-refractivity contribution < 1.29 is 0 Å². The number of fused-ring (bicyclic) bond motifs is 1. The van der Waals surface area contributed by atoms with E-state index in [0.29, 0.717) is 5.92 Å². The number of allylic oxidation sites excluding steroid dienone is 1. The third-order valence-corrected chi connectivity index (χ3v) is 5.51. The first-order chi connectivity index (χ1) is 12.8. The minimum atomic E-state index is 0.430. The number of hydrogen-bond acceptors (Lipinski definition) is 0. The molecule has 0 spiro atoms. The molecule has 1 unspecified atom stereocenters. The van der Waals surface area contributed by atoms with Gasteiger partial charge in [-0.1, -0.05) is 98.1 Å². The molecule has 3 aromatic rings. The summed E-state index contributed by atoms with van der Waals surface area (Å²) < 4.78 is 0. The standard InChI is InChI=1S/C25H23Cl/c1-2-3-14-22-21-16-15-20(26)17-23(21)25(19-12-8-5-9-13-19)24(22)18-10-6-4-7-11-18/h4-13,15-17,22H,2-3,14H2,1H3. The number of benzene rings is 3. The van der Waals surface area contributed by atoms with Crippen LogP contribution in [0.15, 0.2) is 78.9 Å². The molecule has 0 fully saturated rings. The third-order valence-electron chi connectivity index (χ3n) is 5.27. The molecule has 0 heterocycles. The lowest BCUT2D eigenvalue weighted by atomic mass is 9.86. The minimum Gasteiger partial charge on any atom is -0.0843 e. The maximum atomic E-state index is 6.40. The minimum absolute atomic E-state index is 0.430. The number of halogens is 1. The molecule has 0 aliphatic heterocycles. The molecule has 0 bridgehead atoms. The van der Waals surface area contributed by atoms with Gasteiger partial charge in [0.1, 0.15) is 0 Å². The highest BCUT2D eigenvalue weighted by atomic mass is 35.5. The molecule has 1 atom stereocenters. The molecule has 26 heavy (non-hydrogen) atoms. The van der Waals surface area contributed by atoms with Crippen LogP contribution in [-0.2, 0) is 0 Å². The first-order valence-electron chi connectivity index (χ1n) is 9.44. The molecule has 0 radical (unpaired) electrons. The molecule has 1 heteroatoms. The van der Waals surface area contributed by atoms with Crippen molar-refractivity contribution in [3.63, 3.8) is 0 Å². The zero-order chi connectivity index (χ0) is 17.9. The van der Waals surface area contributed by atoms with E-state index >= 15 is 0 Å². The monoisotopic (exact) mass is 358 g/mol. The molecule has 1 aliphatic rings. The number of unbranched alkanes of at least 4 members (excludes halogenated alkanes) is 1. The van der Waals surface area contributed by atoms with Crippen LogP contribution < -0.4 is 0 Å². The highest BCUT2D eigenvalue weighted by molar-refractivity contribution is 6.31. The van der Waals surface area contributed by atoms with Gasteiger partial charge in [0.25, 0.3) is 0 Å². The molecular weight excluding hydrogens is 336 g/mol. The molecule has 0 amide bonds. The Morgan fingerprint density at radius 2 is 1.46 bits per heavy atom. The van der Waals surface area contributed by atoms with Gasteiger partial charge >= 0.3 is 0 Å². The molecule has 130 valence electrons. The van der Waals surface area contributed by atoms with Crippen LogP contribution >= 0.6 is 11.6 Å². The summed E-state index contributed by atoms with van der Waals surface area (Å²) >= 11 is 6.40. The molecule has 3 aromatic carbocycles. The Balaban J connectivity index is 1.99. The molecule has 0 saturated carbocycles. The molecule has 1 aliphatic carbocycles. The second kappa shape index (κ2) is 7.51. The Hall–Kier alpha value is -2.31. The van der Waals surface area contributed by atoms with Crippen molar-refractivity contribution in [2.45, 2.75) is 32.1 Å². The van der Waals surface area contributed by atoms with E-state index in [9.17, 15) is 0 Å². The SMILES string of the molecule is CCCCC1C(c2ccccc2)=C(c2ccccc2)c2cc(Cl)ccc21. The summed E-state index contributed by atoms with van der Waals surface area (Å²) in [5, 5.41) is 0.806. The van der Waals surface area contributed by atoms with Crippen molar-refractivity contribution >= 4 is 22.7 Å². The average Bonchev–Trinajstić information content (AvgIpc) is 3.01. The smallest absolute Gasteiger partial charge is 0.0412 e. The second-order valence-electron chi connectivity index (χ2n) is 6.95. The summed E-state index contributed by atoms with van der Waals surface area (Å²) in [6, 6.07) is 28.0. The van der Waals surface area contributed by atoms with Gasteiger partial charge in [-0.3, -0.25) is 0 Å². The topological polar surface area (TPSA) is 0 Å². The quantitative estimate of drug-likeness (QED) is 0.440. The third kappa shape index (κ3) is 3.10. The van der Waals surface area contributed by atoms with E-state index in [0.717, 1.165) is 5.02 Å². The van der Waals surface area contributed by atoms with E-state index < -0.39 is 0 Å². The molecule has 4 rings (SSSR count). The summed E-state index contributed by atoms with van der Waals surface area (Å²) in [5.41, 5.74) is 8.09. The van der Waals surface area contributed by atoms with Gasteiger partial charge < -0.3 is 0 Å². The van der Waals surface area contributed by atoms with Gasteiger partial charge in [-0.25, -0.2) is 0 Å². The van der Waals surface area contributed by atoms with Crippen molar-refractivity contribution in [3.05, 3.63) is 106 Å². The van der Waals surface area contributed by atoms with Gasteiger partial charge in [-0.15, -0.1) is 0 Å². The van der Waals surface area contributed by atoms with Gasteiger partial charge in [-0.05, 0) is 52.0 Å². The highest BCUT2D eigenvalue weighted by Gasteiger charge is 2.32. The zero-order valence-electron chi connectivity index (χ0n) is 15.1. The lowest BCUT2D eigenvalue weighted by Crippen LogP contribution is -1.99. The molecule has 0 saturated heterocycles. The van der Waals surface area contributed by atoms with Crippen LogP contribution in [0.4, 0.5) is 0 Å². The Morgan fingerprint density at radius 1 is 0.808 bits per heavy atom. The van der Waals surface area contributed by atoms with E-state index in [4.69, 9.17) is 11.6 Å². The lowest BCUT2D eigenvalue weighted by molar-refractivity contribution is 0.678. The maximum absolute atomic E-state index is 6.40. The Morgan fingerprint density at radius 3 is 2.12 bits per heavy atom. The van der Waals surface area contributed by atoms with Crippen molar-refractivity contribution in [1.82, 2.24) is 0 Å². The van der Waals surface area contributed by atoms with E-state index in [1.165, 1.54) is 52.7 Å². The predicted octanol–water partition coefficient (Wildman–Crippen LogP) is 7.59. The average molecular weight is 359 g/mol. The van der Waals surface area contributed by atoms with Gasteiger partial charge in [0.15, 0.2) is 0 Å². The lowest BCUT2D eigenvalue weighted by Gasteiger charge is -2.17. The normalized spacial score (nSPS) is 16.0. The maximum Gasteiger partial charge on any atom is 0.0412 e. The van der Waals surface area contributed by atoms with Crippen LogP contribution in [0.1, 0.15) is 54.4 Å². The molecule has 0 nitrogen and oxygen atoms in total. The largest absolute Gasteiger partial charge is 0.0843 e. The first-order valence-corrected chi connectivity index (χ1v) is 9.82. The fourth-order valence-electron chi connectivity index (χ4n) is 4.11. The van der Waals surface area contributed by atoms with Gasteiger partial charge in [0.2, 0.25) is 0 Å². The van der Waals surface area contributed by atoms with Gasteiger partial charge in [-0.2, -0.15) is 0 Å². The van der Waals surface area contributed by atoms with E-state index in [2.05, 4.69) is 79.7 Å². The molecule has 0 N–H and O–H groups in total. The summed E-state index contributed by atoms with van der Waals surface area (Å²) in [5.74, 6) is 0.430. The Labute approximate surface area is 161 Å². The summed E-state index contributed by atoms with van der Waals surface area (Å²) in [6.45, 7) is 2.27. The summed E-state index contributed by atoms with van der Waals surface area (Å²) in [4.78, 5) is 0. The van der Waals surface area contributed by atoms with Crippen LogP contribution in [0.5, 0.6) is 0 Å². The van der Waals surface area contributed by atoms with Crippen molar-refractivity contribution in [2.24, 2.45) is 0 Å². The predicted molar refractivity (Wildman–Crippen MR) is 113 cm³/mol. The van der Waals surface area contributed by atoms with E-state index in [1.54, 1.807) is 0 Å². The van der Waals surface area contributed by atoms with E-state index in [1.807, 2.05) is 6.07 Å². The van der Waals surface area contributed by atoms with Gasteiger partial charge in [0, 0.05) is 10.9 Å². The van der Waals surface area contributed by atoms with Crippen molar-refractivity contribution in [3.8, 4) is 0 Å². The van der Waals surface area contributed by atoms with Crippen LogP contribution in [0.25, 0.3) is 11.1 Å². The van der Waals surface area contributed by atoms with Gasteiger partial charge in [0.05, 0.1) is 0 Å². The summed E-state index contributed by atoms with van der Waals surface area (Å²) in [7, 11) is 0. The summed E-state index contributed by atoms with van der Waals surface area (Å²) in [6.07, 6.45) is 3.61. The van der Waals surface area contributed by atoms with Crippen molar-refractivity contribution in [1.29, 1.82) is 0 Å². The molecule has 0 aromatic heterocycles. The Kier molecular flexibility index (Phi) is 4.95. The van der Waals surface area contributed by atoms with Crippen LogP contribution in [0, 0.1) is 0 Å². The van der Waals surface area contributed by atoms with E-state index in [-0.39, 0.29) is 0 Å². The van der Waals surface area contributed by atoms with Crippen molar-refractivity contribution in [2.75, 3.05) is 0 Å². The number of hydrogen-bond donors (Lipinski definition) is 0. The number of rotatable bonds is 5. The first kappa shape index (κ1) is 17.1. The van der Waals surface area contributed by atoms with Crippen LogP contribution in [-0.4, -0.2) is 0 Å².